The summed E-state index contributed by atoms with van der Waals surface area (Å²) < 4.78 is 0. The number of aliphatic imine (C=N–C) groups is 1. The van der Waals surface area contributed by atoms with E-state index in [0.29, 0.717) is 0 Å². The molecule has 17 heavy (non-hydrogen) atoms. The Morgan fingerprint density at radius 2 is 1.88 bits per heavy atom. The van der Waals surface area contributed by atoms with Crippen molar-refractivity contribution in [2.75, 3.05) is 19.6 Å². The van der Waals surface area contributed by atoms with Crippen molar-refractivity contribution in [2.45, 2.75) is 45.4 Å². The molecule has 100 valence electrons. The fourth-order valence-corrected chi connectivity index (χ4v) is 2.32. The summed E-state index contributed by atoms with van der Waals surface area (Å²) in [6, 6.07) is 0. The van der Waals surface area contributed by atoms with Gasteiger partial charge in [0.2, 0.25) is 0 Å². The van der Waals surface area contributed by atoms with E-state index in [1.165, 1.54) is 38.5 Å². The number of hydrogen-bond acceptors (Lipinski definition) is 1. The molecular weight excluding hydrogens is 325 g/mol. The molecule has 0 radical (unpaired) electrons. The summed E-state index contributed by atoms with van der Waals surface area (Å²) in [6.45, 7) is 5.44. The first-order valence-corrected chi connectivity index (χ1v) is 6.80. The average molecular weight is 351 g/mol. The Bertz CT molecular complexity index is 243. The normalized spacial score (nSPS) is 22.4. The number of nitrogens with zero attached hydrogens (tertiary/aromatic N) is 2. The van der Waals surface area contributed by atoms with Crippen molar-refractivity contribution in [1.29, 1.82) is 0 Å². The van der Waals surface area contributed by atoms with Crippen LogP contribution < -0.4 is 5.73 Å². The Balaban J connectivity index is 0.00000144. The van der Waals surface area contributed by atoms with Crippen molar-refractivity contribution >= 4 is 29.9 Å². The van der Waals surface area contributed by atoms with Crippen molar-refractivity contribution in [3.63, 3.8) is 0 Å². The largest absolute Gasteiger partial charge is 0.370 e. The van der Waals surface area contributed by atoms with Crippen LogP contribution >= 0.6 is 24.0 Å². The molecule has 2 aliphatic rings. The van der Waals surface area contributed by atoms with Crippen molar-refractivity contribution in [2.24, 2.45) is 22.6 Å². The summed E-state index contributed by atoms with van der Waals surface area (Å²) >= 11 is 0. The minimum atomic E-state index is 0. The number of nitrogens with two attached hydrogens (primary N) is 1. The van der Waals surface area contributed by atoms with Crippen LogP contribution in [0.1, 0.15) is 45.4 Å². The van der Waals surface area contributed by atoms with Gasteiger partial charge >= 0.3 is 0 Å². The van der Waals surface area contributed by atoms with Crippen molar-refractivity contribution in [3.8, 4) is 0 Å². The Labute approximate surface area is 122 Å². The lowest BCUT2D eigenvalue weighted by Crippen LogP contribution is -2.42. The van der Waals surface area contributed by atoms with Gasteiger partial charge in [-0.1, -0.05) is 19.8 Å². The maximum absolute atomic E-state index is 6.00. The maximum Gasteiger partial charge on any atom is 0.191 e. The van der Waals surface area contributed by atoms with Gasteiger partial charge in [-0.3, -0.25) is 4.99 Å². The molecule has 0 aromatic carbocycles. The van der Waals surface area contributed by atoms with E-state index in [2.05, 4.69) is 16.8 Å². The minimum absolute atomic E-state index is 0. The molecule has 0 bridgehead atoms. The molecule has 0 aromatic rings. The number of rotatable bonds is 4. The van der Waals surface area contributed by atoms with Crippen LogP contribution in [0.3, 0.4) is 0 Å². The molecule has 1 aliphatic carbocycles. The number of piperidine rings is 1. The third-order valence-electron chi connectivity index (χ3n) is 3.85. The highest BCUT2D eigenvalue weighted by molar-refractivity contribution is 14.0. The lowest BCUT2D eigenvalue weighted by molar-refractivity contribution is 0.277. The van der Waals surface area contributed by atoms with Gasteiger partial charge in [0, 0.05) is 19.6 Å². The molecule has 2 rings (SSSR count). The summed E-state index contributed by atoms with van der Waals surface area (Å²) in [5, 5.41) is 0. The molecule has 4 heteroatoms. The molecule has 0 unspecified atom stereocenters. The van der Waals surface area contributed by atoms with Crippen molar-refractivity contribution in [1.82, 2.24) is 4.90 Å². The fourth-order valence-electron chi connectivity index (χ4n) is 2.32. The van der Waals surface area contributed by atoms with Crippen molar-refractivity contribution in [3.05, 3.63) is 0 Å². The topological polar surface area (TPSA) is 41.6 Å². The molecule has 3 nitrogen and oxygen atoms in total. The molecule has 0 atom stereocenters. The van der Waals surface area contributed by atoms with E-state index in [1.807, 2.05) is 0 Å². The number of guanidine groups is 1. The summed E-state index contributed by atoms with van der Waals surface area (Å²) in [6.07, 6.45) is 7.99. The molecule has 0 aromatic heterocycles. The second kappa shape index (κ2) is 7.44. The summed E-state index contributed by atoms with van der Waals surface area (Å²) in [7, 11) is 0. The standard InChI is InChI=1S/C13H25N3.HI/c1-11-6-9-16(10-7-11)13(14)15-8-2-3-12-4-5-12;/h11-12H,2-10H2,1H3,(H2,14,15);1H. The van der Waals surface area contributed by atoms with E-state index in [-0.39, 0.29) is 24.0 Å². The first kappa shape index (κ1) is 15.1. The smallest absolute Gasteiger partial charge is 0.191 e. The van der Waals surface area contributed by atoms with Crippen molar-refractivity contribution < 1.29 is 0 Å². The summed E-state index contributed by atoms with van der Waals surface area (Å²) in [4.78, 5) is 6.74. The molecule has 1 saturated carbocycles. The zero-order valence-corrected chi connectivity index (χ0v) is 13.2. The zero-order chi connectivity index (χ0) is 11.4. The van der Waals surface area contributed by atoms with E-state index in [9.17, 15) is 0 Å². The van der Waals surface area contributed by atoms with Gasteiger partial charge in [-0.25, -0.2) is 0 Å². The molecule has 0 spiro atoms. The van der Waals surface area contributed by atoms with E-state index >= 15 is 0 Å². The Kier molecular flexibility index (Phi) is 6.59. The van der Waals surface area contributed by atoms with Gasteiger partial charge in [0.1, 0.15) is 0 Å². The Morgan fingerprint density at radius 3 is 2.47 bits per heavy atom. The lowest BCUT2D eigenvalue weighted by Gasteiger charge is -2.31. The highest BCUT2D eigenvalue weighted by Crippen LogP contribution is 2.33. The first-order valence-electron chi connectivity index (χ1n) is 6.80. The second-order valence-electron chi connectivity index (χ2n) is 5.50. The SMILES string of the molecule is CC1CCN(C(N)=NCCCC2CC2)CC1.I. The second-order valence-corrected chi connectivity index (χ2v) is 5.50. The quantitative estimate of drug-likeness (QED) is 0.366. The average Bonchev–Trinajstić information content (AvgIpc) is 3.09. The maximum atomic E-state index is 6.00. The molecule has 1 saturated heterocycles. The monoisotopic (exact) mass is 351 g/mol. The Morgan fingerprint density at radius 1 is 1.24 bits per heavy atom. The van der Waals surface area contributed by atoms with Crippen LogP contribution in [-0.2, 0) is 0 Å². The third kappa shape index (κ3) is 5.44. The highest BCUT2D eigenvalue weighted by Gasteiger charge is 2.20. The van der Waals surface area contributed by atoms with Crippen LogP contribution in [0, 0.1) is 11.8 Å². The van der Waals surface area contributed by atoms with Gasteiger partial charge in [0.25, 0.3) is 0 Å². The predicted molar refractivity (Wildman–Crippen MR) is 83.8 cm³/mol. The van der Waals surface area contributed by atoms with Crippen LogP contribution in [-0.4, -0.2) is 30.5 Å². The van der Waals surface area contributed by atoms with E-state index in [0.717, 1.165) is 37.4 Å². The van der Waals surface area contributed by atoms with Gasteiger partial charge in [-0.15, -0.1) is 24.0 Å². The molecule has 1 aliphatic heterocycles. The number of hydrogen-bond donors (Lipinski definition) is 1. The predicted octanol–water partition coefficient (Wildman–Crippen LogP) is 2.84. The molecule has 1 heterocycles. The molecule has 2 N–H and O–H groups in total. The van der Waals surface area contributed by atoms with Crippen LogP contribution in [0.2, 0.25) is 0 Å². The van der Waals surface area contributed by atoms with Gasteiger partial charge in [0.15, 0.2) is 5.96 Å². The van der Waals surface area contributed by atoms with E-state index in [4.69, 9.17) is 5.73 Å². The minimum Gasteiger partial charge on any atom is -0.370 e. The zero-order valence-electron chi connectivity index (χ0n) is 10.9. The number of halogens is 1. The van der Waals surface area contributed by atoms with Crippen LogP contribution in [0.5, 0.6) is 0 Å². The summed E-state index contributed by atoms with van der Waals surface area (Å²) in [5.41, 5.74) is 6.00. The highest BCUT2D eigenvalue weighted by atomic mass is 127. The number of likely N-dealkylation sites (tertiary alicyclic amines) is 1. The van der Waals surface area contributed by atoms with Gasteiger partial charge in [0.05, 0.1) is 0 Å². The van der Waals surface area contributed by atoms with Crippen LogP contribution in [0.25, 0.3) is 0 Å². The molecule has 2 fully saturated rings. The summed E-state index contributed by atoms with van der Waals surface area (Å²) in [5.74, 6) is 2.66. The van der Waals surface area contributed by atoms with Gasteiger partial charge in [-0.2, -0.15) is 0 Å². The van der Waals surface area contributed by atoms with Crippen LogP contribution in [0.4, 0.5) is 0 Å². The van der Waals surface area contributed by atoms with E-state index < -0.39 is 0 Å². The first-order chi connectivity index (χ1) is 7.75. The third-order valence-corrected chi connectivity index (χ3v) is 3.85. The lowest BCUT2D eigenvalue weighted by atomic mass is 10.00. The van der Waals surface area contributed by atoms with E-state index in [1.54, 1.807) is 0 Å². The Hall–Kier alpha value is 0. The van der Waals surface area contributed by atoms with Crippen LogP contribution in [0.15, 0.2) is 4.99 Å². The van der Waals surface area contributed by atoms with Gasteiger partial charge in [-0.05, 0) is 37.5 Å². The molecular formula is C13H26IN3. The molecule has 0 amide bonds. The fraction of sp³-hybridized carbons (Fsp3) is 0.923. The van der Waals surface area contributed by atoms with Gasteiger partial charge < -0.3 is 10.6 Å².